The molecule has 0 spiro atoms. The first-order chi connectivity index (χ1) is 9.40. The van der Waals surface area contributed by atoms with Crippen LogP contribution < -0.4 is 10.0 Å². The van der Waals surface area contributed by atoms with Crippen molar-refractivity contribution in [3.8, 4) is 0 Å². The molecular weight excluding hydrogens is 276 g/mol. The van der Waals surface area contributed by atoms with Gasteiger partial charge < -0.3 is 10.4 Å². The zero-order chi connectivity index (χ0) is 15.2. The van der Waals surface area contributed by atoms with Crippen molar-refractivity contribution in [2.75, 3.05) is 20.2 Å². The van der Waals surface area contributed by atoms with Crippen molar-refractivity contribution in [1.82, 2.24) is 10.0 Å². The molecule has 1 aromatic carbocycles. The summed E-state index contributed by atoms with van der Waals surface area (Å²) in [7, 11) is -1.97. The van der Waals surface area contributed by atoms with Gasteiger partial charge in [0.05, 0.1) is 4.90 Å². The average Bonchev–Trinajstić information content (AvgIpc) is 2.45. The zero-order valence-electron chi connectivity index (χ0n) is 12.3. The lowest BCUT2D eigenvalue weighted by Crippen LogP contribution is -2.25. The minimum absolute atomic E-state index is 0.141. The van der Waals surface area contributed by atoms with Gasteiger partial charge in [0.15, 0.2) is 0 Å². The summed E-state index contributed by atoms with van der Waals surface area (Å²) >= 11 is 0. The van der Waals surface area contributed by atoms with Crippen LogP contribution in [0.15, 0.2) is 29.2 Å². The van der Waals surface area contributed by atoms with Crippen molar-refractivity contribution in [3.63, 3.8) is 0 Å². The number of rotatable bonds is 8. The molecule has 1 aromatic rings. The van der Waals surface area contributed by atoms with Crippen molar-refractivity contribution in [1.29, 1.82) is 0 Å². The van der Waals surface area contributed by atoms with Crippen molar-refractivity contribution >= 4 is 10.0 Å². The van der Waals surface area contributed by atoms with Crippen molar-refractivity contribution in [2.45, 2.75) is 31.2 Å². The second-order valence-electron chi connectivity index (χ2n) is 5.02. The first-order valence-corrected chi connectivity index (χ1v) is 8.26. The Bertz CT molecular complexity index is 500. The summed E-state index contributed by atoms with van der Waals surface area (Å²) in [5.74, 6) is 0.409. The molecule has 1 rings (SSSR count). The Morgan fingerprint density at radius 2 is 1.80 bits per heavy atom. The molecule has 0 saturated carbocycles. The lowest BCUT2D eigenvalue weighted by Gasteiger charge is -2.18. The summed E-state index contributed by atoms with van der Waals surface area (Å²) in [5, 5.41) is 12.2. The average molecular weight is 300 g/mol. The summed E-state index contributed by atoms with van der Waals surface area (Å²) in [5.41, 5.74) is 1.04. The van der Waals surface area contributed by atoms with E-state index >= 15 is 0 Å². The van der Waals surface area contributed by atoms with Gasteiger partial charge in [-0.25, -0.2) is 13.1 Å². The molecule has 0 aromatic heterocycles. The fourth-order valence-corrected chi connectivity index (χ4v) is 2.60. The second-order valence-corrected chi connectivity index (χ2v) is 6.91. The largest absolute Gasteiger partial charge is 0.396 e. The van der Waals surface area contributed by atoms with Crippen LogP contribution in [0.25, 0.3) is 0 Å². The Labute approximate surface area is 121 Å². The maximum absolute atomic E-state index is 11.6. The van der Waals surface area contributed by atoms with Crippen LogP contribution in [0.2, 0.25) is 0 Å². The van der Waals surface area contributed by atoms with Crippen LogP contribution in [-0.2, 0) is 10.0 Å². The van der Waals surface area contributed by atoms with E-state index in [1.807, 2.05) is 19.1 Å². The van der Waals surface area contributed by atoms with Crippen LogP contribution in [0.5, 0.6) is 0 Å². The molecule has 0 heterocycles. The van der Waals surface area contributed by atoms with Gasteiger partial charge in [0.25, 0.3) is 0 Å². The predicted molar refractivity (Wildman–Crippen MR) is 80.0 cm³/mol. The first kappa shape index (κ1) is 17.1. The van der Waals surface area contributed by atoms with E-state index in [4.69, 9.17) is 5.11 Å². The van der Waals surface area contributed by atoms with Gasteiger partial charge in [-0.1, -0.05) is 19.1 Å². The lowest BCUT2D eigenvalue weighted by molar-refractivity contribution is 0.258. The minimum atomic E-state index is -3.37. The molecule has 5 nitrogen and oxygen atoms in total. The third-order valence-electron chi connectivity index (χ3n) is 3.35. The van der Waals surface area contributed by atoms with E-state index in [0.29, 0.717) is 5.92 Å². The highest BCUT2D eigenvalue weighted by molar-refractivity contribution is 7.89. The number of benzene rings is 1. The van der Waals surface area contributed by atoms with Crippen LogP contribution in [0.1, 0.15) is 31.9 Å². The molecule has 0 aliphatic heterocycles. The fraction of sp³-hybridized carbons (Fsp3) is 0.571. The van der Waals surface area contributed by atoms with Crippen molar-refractivity contribution in [2.24, 2.45) is 5.92 Å². The molecule has 0 amide bonds. The fourth-order valence-electron chi connectivity index (χ4n) is 1.87. The van der Waals surface area contributed by atoms with Gasteiger partial charge >= 0.3 is 0 Å². The van der Waals surface area contributed by atoms with Gasteiger partial charge in [0.2, 0.25) is 10.0 Å². The molecule has 20 heavy (non-hydrogen) atoms. The Balaban J connectivity index is 2.64. The third-order valence-corrected chi connectivity index (χ3v) is 4.78. The van der Waals surface area contributed by atoms with E-state index in [1.165, 1.54) is 7.05 Å². The monoisotopic (exact) mass is 300 g/mol. The summed E-state index contributed by atoms with van der Waals surface area (Å²) in [4.78, 5) is 0.268. The van der Waals surface area contributed by atoms with E-state index in [9.17, 15) is 8.42 Å². The quantitative estimate of drug-likeness (QED) is 0.675. The highest BCUT2D eigenvalue weighted by Gasteiger charge is 2.12. The minimum Gasteiger partial charge on any atom is -0.396 e. The molecular formula is C14H24N2O3S. The number of hydrogen-bond donors (Lipinski definition) is 3. The van der Waals surface area contributed by atoms with Gasteiger partial charge in [-0.05, 0) is 50.6 Å². The molecule has 0 radical (unpaired) electrons. The first-order valence-electron chi connectivity index (χ1n) is 6.78. The van der Waals surface area contributed by atoms with E-state index in [0.717, 1.165) is 18.5 Å². The second kappa shape index (κ2) is 7.73. The molecule has 6 heteroatoms. The molecule has 114 valence electrons. The van der Waals surface area contributed by atoms with E-state index in [-0.39, 0.29) is 17.5 Å². The lowest BCUT2D eigenvalue weighted by atomic mass is 10.1. The van der Waals surface area contributed by atoms with E-state index in [1.54, 1.807) is 12.1 Å². The van der Waals surface area contributed by atoms with Gasteiger partial charge in [0.1, 0.15) is 0 Å². The number of sulfonamides is 1. The Morgan fingerprint density at radius 3 is 2.30 bits per heavy atom. The van der Waals surface area contributed by atoms with Crippen molar-refractivity contribution < 1.29 is 13.5 Å². The van der Waals surface area contributed by atoms with Crippen LogP contribution in [0, 0.1) is 5.92 Å². The van der Waals surface area contributed by atoms with Crippen LogP contribution >= 0.6 is 0 Å². The summed E-state index contributed by atoms with van der Waals surface area (Å²) in [6.45, 7) is 5.14. The molecule has 2 unspecified atom stereocenters. The van der Waals surface area contributed by atoms with Crippen LogP contribution in [-0.4, -0.2) is 33.7 Å². The molecule has 0 saturated heterocycles. The predicted octanol–water partition coefficient (Wildman–Crippen LogP) is 1.26. The molecule has 0 fully saturated rings. The Kier molecular flexibility index (Phi) is 6.61. The molecule has 0 bridgehead atoms. The van der Waals surface area contributed by atoms with Gasteiger partial charge in [-0.15, -0.1) is 0 Å². The summed E-state index contributed by atoms with van der Waals surface area (Å²) in [6.07, 6.45) is 0.777. The zero-order valence-corrected chi connectivity index (χ0v) is 13.1. The number of aliphatic hydroxyl groups excluding tert-OH is 1. The smallest absolute Gasteiger partial charge is 0.240 e. The summed E-state index contributed by atoms with van der Waals surface area (Å²) in [6, 6.07) is 6.99. The molecule has 3 N–H and O–H groups in total. The van der Waals surface area contributed by atoms with E-state index in [2.05, 4.69) is 17.0 Å². The van der Waals surface area contributed by atoms with Crippen molar-refractivity contribution in [3.05, 3.63) is 29.8 Å². The Morgan fingerprint density at radius 1 is 1.20 bits per heavy atom. The third kappa shape index (κ3) is 4.86. The topological polar surface area (TPSA) is 78.4 Å². The highest BCUT2D eigenvalue weighted by atomic mass is 32.2. The Hall–Kier alpha value is -0.950. The maximum atomic E-state index is 11.6. The summed E-state index contributed by atoms with van der Waals surface area (Å²) < 4.78 is 25.5. The number of aliphatic hydroxyl groups is 1. The standard InChI is InChI=1S/C14H24N2O3S/c1-11(8-9-17)10-16-12(2)13-4-6-14(7-5-13)20(18,19)15-3/h4-7,11-12,15-17H,8-10H2,1-3H3. The van der Waals surface area contributed by atoms with Gasteiger partial charge in [0, 0.05) is 12.6 Å². The van der Waals surface area contributed by atoms with Gasteiger partial charge in [-0.2, -0.15) is 0 Å². The van der Waals surface area contributed by atoms with Gasteiger partial charge in [-0.3, -0.25) is 0 Å². The van der Waals surface area contributed by atoms with E-state index < -0.39 is 10.0 Å². The van der Waals surface area contributed by atoms with Crippen LogP contribution in [0.3, 0.4) is 0 Å². The molecule has 0 aliphatic carbocycles. The highest BCUT2D eigenvalue weighted by Crippen LogP contribution is 2.16. The molecule has 2 atom stereocenters. The SMILES string of the molecule is CNS(=O)(=O)c1ccc(C(C)NCC(C)CCO)cc1. The van der Waals surface area contributed by atoms with Crippen LogP contribution in [0.4, 0.5) is 0 Å². The maximum Gasteiger partial charge on any atom is 0.240 e. The number of hydrogen-bond acceptors (Lipinski definition) is 4. The normalized spacial score (nSPS) is 15.0. The number of nitrogens with one attached hydrogen (secondary N) is 2. The molecule has 0 aliphatic rings.